The molecule has 0 fully saturated rings. The van der Waals surface area contributed by atoms with Crippen molar-refractivity contribution in [2.75, 3.05) is 4.90 Å². The van der Waals surface area contributed by atoms with Crippen LogP contribution in [0.4, 0.5) is 17.1 Å². The molecule has 60 heavy (non-hydrogen) atoms. The first-order valence-electron chi connectivity index (χ1n) is 20.9. The molecule has 284 valence electrons. The lowest BCUT2D eigenvalue weighted by atomic mass is 9.67. The van der Waals surface area contributed by atoms with Crippen molar-refractivity contribution in [1.82, 2.24) is 0 Å². The number of nitrogens with zero attached hydrogens (tertiary/aromatic N) is 1. The maximum Gasteiger partial charge on any atom is 0.0714 e. The van der Waals surface area contributed by atoms with Gasteiger partial charge in [-0.3, -0.25) is 0 Å². The molecule has 10 aromatic rings. The summed E-state index contributed by atoms with van der Waals surface area (Å²) in [5, 5.41) is 2.68. The fourth-order valence-electron chi connectivity index (χ4n) is 10.6. The fraction of sp³-hybridized carbons (Fsp3) is 0.0690. The number of anilines is 3. The van der Waals surface area contributed by atoms with Crippen molar-refractivity contribution in [2.24, 2.45) is 0 Å². The Morgan fingerprint density at radius 1 is 0.383 bits per heavy atom. The molecule has 0 saturated heterocycles. The number of rotatable bonds is 6. The van der Waals surface area contributed by atoms with Crippen molar-refractivity contribution in [2.45, 2.75) is 24.7 Å². The minimum absolute atomic E-state index is 0.125. The Morgan fingerprint density at radius 2 is 0.950 bits per heavy atom. The second kappa shape index (κ2) is 13.3. The number of benzene rings is 9. The summed E-state index contributed by atoms with van der Waals surface area (Å²) in [6, 6.07) is 79.1. The molecule has 0 unspecified atom stereocenters. The van der Waals surface area contributed by atoms with Gasteiger partial charge >= 0.3 is 0 Å². The quantitative estimate of drug-likeness (QED) is 0.162. The molecule has 2 heteroatoms. The standard InChI is InChI=1S/C58H41NS/c1-57(2)50-34-31-43(36-49(50)55-52(57)35-33-48-47-23-13-15-25-54(47)60-56(48)55)59(42-28-26-39(27-29-42)38-16-6-3-7-17-38)44-30-32-46-45-22-12-14-24-51(45)58(53(46)37-44,40-18-8-4-9-19-40)41-20-10-5-11-21-41/h3-37H,1-2H3. The Bertz CT molecular complexity index is 3230. The Labute approximate surface area is 355 Å². The van der Waals surface area contributed by atoms with E-state index in [0.717, 1.165) is 17.1 Å². The van der Waals surface area contributed by atoms with Gasteiger partial charge in [-0.1, -0.05) is 184 Å². The number of hydrogen-bond acceptors (Lipinski definition) is 2. The fourth-order valence-corrected chi connectivity index (χ4v) is 11.9. The van der Waals surface area contributed by atoms with E-state index >= 15 is 0 Å². The summed E-state index contributed by atoms with van der Waals surface area (Å²) >= 11 is 1.93. The van der Waals surface area contributed by atoms with Crippen LogP contribution in [0.3, 0.4) is 0 Å². The third kappa shape index (κ3) is 4.98. The van der Waals surface area contributed by atoms with E-state index < -0.39 is 5.41 Å². The molecule has 1 nitrogen and oxygen atoms in total. The van der Waals surface area contributed by atoms with Crippen LogP contribution in [0.25, 0.3) is 53.6 Å². The SMILES string of the molecule is CC1(C)c2ccc(N(c3ccc(-c4ccccc4)cc3)c3ccc4c(c3)C(c3ccccc3)(c3ccccc3)c3ccccc3-4)cc2-c2c1ccc1c2sc2ccccc21. The van der Waals surface area contributed by atoms with Gasteiger partial charge in [0.2, 0.25) is 0 Å². The lowest BCUT2D eigenvalue weighted by Gasteiger charge is -2.35. The molecule has 1 heterocycles. The third-order valence-corrected chi connectivity index (χ3v) is 14.6. The Morgan fingerprint density at radius 3 is 1.70 bits per heavy atom. The van der Waals surface area contributed by atoms with E-state index in [-0.39, 0.29) is 5.41 Å². The Kier molecular flexibility index (Phi) is 7.73. The smallest absolute Gasteiger partial charge is 0.0714 e. The van der Waals surface area contributed by atoms with Gasteiger partial charge in [-0.05, 0) is 104 Å². The monoisotopic (exact) mass is 783 g/mol. The van der Waals surface area contributed by atoms with Crippen LogP contribution in [0.1, 0.15) is 47.2 Å². The average molecular weight is 784 g/mol. The van der Waals surface area contributed by atoms with E-state index in [1.165, 1.54) is 86.9 Å². The largest absolute Gasteiger partial charge is 0.310 e. The number of hydrogen-bond donors (Lipinski definition) is 0. The van der Waals surface area contributed by atoms with Gasteiger partial charge in [-0.2, -0.15) is 0 Å². The molecule has 9 aromatic carbocycles. The normalized spacial score (nSPS) is 14.1. The summed E-state index contributed by atoms with van der Waals surface area (Å²) in [7, 11) is 0. The van der Waals surface area contributed by atoms with Gasteiger partial charge in [-0.25, -0.2) is 0 Å². The molecule has 0 saturated carbocycles. The first-order valence-corrected chi connectivity index (χ1v) is 21.7. The van der Waals surface area contributed by atoms with Crippen molar-refractivity contribution < 1.29 is 0 Å². The van der Waals surface area contributed by atoms with E-state index in [2.05, 4.69) is 231 Å². The van der Waals surface area contributed by atoms with Crippen LogP contribution in [0.2, 0.25) is 0 Å². The highest BCUT2D eigenvalue weighted by atomic mass is 32.1. The van der Waals surface area contributed by atoms with Crippen molar-refractivity contribution >= 4 is 48.6 Å². The first-order chi connectivity index (χ1) is 29.5. The zero-order chi connectivity index (χ0) is 40.0. The molecule has 0 atom stereocenters. The molecule has 1 aromatic heterocycles. The van der Waals surface area contributed by atoms with Crippen LogP contribution in [-0.4, -0.2) is 0 Å². The van der Waals surface area contributed by atoms with Crippen LogP contribution >= 0.6 is 11.3 Å². The average Bonchev–Trinajstić information content (AvgIpc) is 3.91. The summed E-state index contributed by atoms with van der Waals surface area (Å²) in [4.78, 5) is 2.48. The van der Waals surface area contributed by atoms with Crippen molar-refractivity contribution in [1.29, 1.82) is 0 Å². The number of fused-ring (bicyclic) bond motifs is 10. The predicted molar refractivity (Wildman–Crippen MR) is 254 cm³/mol. The maximum atomic E-state index is 2.48. The Hall–Kier alpha value is -7.00. The molecule has 2 aliphatic carbocycles. The van der Waals surface area contributed by atoms with Gasteiger partial charge in [0.05, 0.1) is 5.41 Å². The molecule has 0 bridgehead atoms. The molecule has 0 N–H and O–H groups in total. The zero-order valence-electron chi connectivity index (χ0n) is 33.6. The third-order valence-electron chi connectivity index (χ3n) is 13.4. The highest BCUT2D eigenvalue weighted by Gasteiger charge is 2.46. The summed E-state index contributed by atoms with van der Waals surface area (Å²) in [6.07, 6.45) is 0. The van der Waals surface area contributed by atoms with Gasteiger partial charge in [0, 0.05) is 48.2 Å². The minimum atomic E-state index is -0.499. The van der Waals surface area contributed by atoms with Gasteiger partial charge < -0.3 is 4.90 Å². The van der Waals surface area contributed by atoms with E-state index in [1.54, 1.807) is 0 Å². The van der Waals surface area contributed by atoms with Crippen LogP contribution in [0, 0.1) is 0 Å². The van der Waals surface area contributed by atoms with Crippen molar-refractivity contribution in [3.8, 4) is 33.4 Å². The first kappa shape index (κ1) is 35.0. The highest BCUT2D eigenvalue weighted by molar-refractivity contribution is 7.26. The summed E-state index contributed by atoms with van der Waals surface area (Å²) in [5.74, 6) is 0. The molecule has 0 aliphatic heterocycles. The lowest BCUT2D eigenvalue weighted by Crippen LogP contribution is -2.28. The molecule has 12 rings (SSSR count). The predicted octanol–water partition coefficient (Wildman–Crippen LogP) is 15.9. The highest BCUT2D eigenvalue weighted by Crippen LogP contribution is 2.58. The molecule has 0 radical (unpaired) electrons. The molecule has 2 aliphatic rings. The minimum Gasteiger partial charge on any atom is -0.310 e. The van der Waals surface area contributed by atoms with Crippen LogP contribution in [0.5, 0.6) is 0 Å². The van der Waals surface area contributed by atoms with Crippen LogP contribution < -0.4 is 4.90 Å². The maximum absolute atomic E-state index is 2.48. The molecular weight excluding hydrogens is 743 g/mol. The molecular formula is C58H41NS. The van der Waals surface area contributed by atoms with Crippen LogP contribution in [0.15, 0.2) is 212 Å². The molecule has 0 spiro atoms. The van der Waals surface area contributed by atoms with Gasteiger partial charge in [0.15, 0.2) is 0 Å². The van der Waals surface area contributed by atoms with E-state index in [1.807, 2.05) is 11.3 Å². The lowest BCUT2D eigenvalue weighted by molar-refractivity contribution is 0.661. The van der Waals surface area contributed by atoms with E-state index in [4.69, 9.17) is 0 Å². The number of thiophene rings is 1. The van der Waals surface area contributed by atoms with Gasteiger partial charge in [0.1, 0.15) is 0 Å². The van der Waals surface area contributed by atoms with Crippen molar-refractivity contribution in [3.63, 3.8) is 0 Å². The van der Waals surface area contributed by atoms with E-state index in [9.17, 15) is 0 Å². The molecule has 0 amide bonds. The summed E-state index contributed by atoms with van der Waals surface area (Å²) < 4.78 is 2.71. The van der Waals surface area contributed by atoms with Gasteiger partial charge in [-0.15, -0.1) is 11.3 Å². The summed E-state index contributed by atoms with van der Waals surface area (Å²) in [6.45, 7) is 4.78. The topological polar surface area (TPSA) is 3.24 Å². The van der Waals surface area contributed by atoms with E-state index in [0.29, 0.717) is 0 Å². The van der Waals surface area contributed by atoms with Crippen LogP contribution in [-0.2, 0) is 10.8 Å². The summed E-state index contributed by atoms with van der Waals surface area (Å²) in [5.41, 5.74) is 18.4. The Balaban J connectivity index is 1.11. The van der Waals surface area contributed by atoms with Gasteiger partial charge in [0.25, 0.3) is 0 Å². The zero-order valence-corrected chi connectivity index (χ0v) is 34.4. The van der Waals surface area contributed by atoms with Crippen molar-refractivity contribution in [3.05, 3.63) is 246 Å². The second-order valence-electron chi connectivity index (χ2n) is 16.8. The second-order valence-corrected chi connectivity index (χ2v) is 17.9.